The highest BCUT2D eigenvalue weighted by Crippen LogP contribution is 2.08. The molecule has 3 N–H and O–H groups in total. The van der Waals surface area contributed by atoms with Gasteiger partial charge < -0.3 is 11.1 Å². The fourth-order valence-corrected chi connectivity index (χ4v) is 1.92. The Labute approximate surface area is 119 Å². The van der Waals surface area contributed by atoms with Gasteiger partial charge in [0.15, 0.2) is 0 Å². The summed E-state index contributed by atoms with van der Waals surface area (Å²) in [7, 11) is 1.55. The van der Waals surface area contributed by atoms with E-state index in [0.29, 0.717) is 19.3 Å². The molecule has 0 fully saturated rings. The maximum atomic E-state index is 11.6. The summed E-state index contributed by atoms with van der Waals surface area (Å²) in [6.45, 7) is 0. The first-order valence-corrected chi connectivity index (χ1v) is 7.10. The van der Waals surface area contributed by atoms with Crippen LogP contribution < -0.4 is 11.1 Å². The van der Waals surface area contributed by atoms with Gasteiger partial charge in [-0.15, -0.1) is 12.4 Å². The SMILES string of the molecule is CNC(=O)C(S)CCC(=O)[C@@H](N)CCSC.Cl. The molecule has 1 unspecified atom stereocenters. The summed E-state index contributed by atoms with van der Waals surface area (Å²) < 4.78 is 0. The first-order valence-electron chi connectivity index (χ1n) is 5.19. The molecular formula is C10H21ClN2O2S2. The van der Waals surface area contributed by atoms with Gasteiger partial charge in [-0.25, -0.2) is 0 Å². The number of hydrogen-bond donors (Lipinski definition) is 3. The fraction of sp³-hybridized carbons (Fsp3) is 0.800. The minimum atomic E-state index is -0.429. The average molecular weight is 301 g/mol. The zero-order chi connectivity index (χ0) is 12.6. The molecule has 0 bridgehead atoms. The lowest BCUT2D eigenvalue weighted by Crippen LogP contribution is -2.33. The lowest BCUT2D eigenvalue weighted by atomic mass is 10.0. The van der Waals surface area contributed by atoms with Crippen LogP contribution in [0.15, 0.2) is 0 Å². The van der Waals surface area contributed by atoms with Crippen molar-refractivity contribution in [2.45, 2.75) is 30.6 Å². The van der Waals surface area contributed by atoms with E-state index in [1.54, 1.807) is 18.8 Å². The van der Waals surface area contributed by atoms with E-state index >= 15 is 0 Å². The molecule has 0 aliphatic rings. The molecule has 0 rings (SSSR count). The van der Waals surface area contributed by atoms with Crippen LogP contribution in [0.3, 0.4) is 0 Å². The second-order valence-corrected chi connectivity index (χ2v) is 5.13. The Kier molecular flexibility index (Phi) is 12.8. The van der Waals surface area contributed by atoms with Gasteiger partial charge in [0.25, 0.3) is 0 Å². The molecule has 0 saturated carbocycles. The number of rotatable bonds is 8. The molecule has 0 saturated heterocycles. The smallest absolute Gasteiger partial charge is 0.232 e. The van der Waals surface area contributed by atoms with Gasteiger partial charge in [-0.3, -0.25) is 9.59 Å². The van der Waals surface area contributed by atoms with E-state index in [1.165, 1.54) is 0 Å². The van der Waals surface area contributed by atoms with Crippen molar-refractivity contribution in [1.29, 1.82) is 0 Å². The van der Waals surface area contributed by atoms with Gasteiger partial charge in [0.2, 0.25) is 5.91 Å². The molecule has 1 amide bonds. The Morgan fingerprint density at radius 1 is 1.41 bits per heavy atom. The number of hydrogen-bond acceptors (Lipinski definition) is 5. The molecule has 0 spiro atoms. The molecule has 2 atom stereocenters. The monoisotopic (exact) mass is 300 g/mol. The minimum Gasteiger partial charge on any atom is -0.358 e. The zero-order valence-corrected chi connectivity index (χ0v) is 12.7. The maximum absolute atomic E-state index is 11.6. The normalized spacial score (nSPS) is 13.4. The molecule has 4 nitrogen and oxygen atoms in total. The molecule has 7 heteroatoms. The van der Waals surface area contributed by atoms with Gasteiger partial charge in [-0.1, -0.05) is 0 Å². The van der Waals surface area contributed by atoms with E-state index in [2.05, 4.69) is 17.9 Å². The molecule has 0 heterocycles. The van der Waals surface area contributed by atoms with Crippen molar-refractivity contribution >= 4 is 48.5 Å². The van der Waals surface area contributed by atoms with Crippen LogP contribution in [0.2, 0.25) is 0 Å². The van der Waals surface area contributed by atoms with E-state index in [1.807, 2.05) is 6.26 Å². The van der Waals surface area contributed by atoms with Crippen molar-refractivity contribution in [1.82, 2.24) is 5.32 Å². The van der Waals surface area contributed by atoms with Crippen LogP contribution >= 0.6 is 36.8 Å². The number of carbonyl (C=O) groups is 2. The van der Waals surface area contributed by atoms with E-state index in [-0.39, 0.29) is 24.1 Å². The summed E-state index contributed by atoms with van der Waals surface area (Å²) in [5, 5.41) is 2.06. The van der Waals surface area contributed by atoms with Crippen molar-refractivity contribution in [3.05, 3.63) is 0 Å². The van der Waals surface area contributed by atoms with E-state index < -0.39 is 11.3 Å². The molecular weight excluding hydrogens is 280 g/mol. The van der Waals surface area contributed by atoms with E-state index in [9.17, 15) is 9.59 Å². The second kappa shape index (κ2) is 11.2. The molecule has 0 aliphatic heterocycles. The van der Waals surface area contributed by atoms with Crippen LogP contribution in [-0.4, -0.2) is 42.0 Å². The largest absolute Gasteiger partial charge is 0.358 e. The molecule has 102 valence electrons. The van der Waals surface area contributed by atoms with Crippen LogP contribution in [0.5, 0.6) is 0 Å². The average Bonchev–Trinajstić information content (AvgIpc) is 2.31. The standard InChI is InChI=1S/C10H20N2O2S2.ClH/c1-12-10(14)9(15)4-3-8(13)7(11)5-6-16-2;/h7,9,15H,3-6,11H2,1-2H3,(H,12,14);1H/t7-,9?;/m0./s1. The number of thioether (sulfide) groups is 1. The second-order valence-electron chi connectivity index (χ2n) is 3.52. The number of thiol groups is 1. The molecule has 17 heavy (non-hydrogen) atoms. The van der Waals surface area contributed by atoms with Crippen molar-refractivity contribution < 1.29 is 9.59 Å². The summed E-state index contributed by atoms with van der Waals surface area (Å²) in [6.07, 6.45) is 3.43. The predicted molar refractivity (Wildman–Crippen MR) is 79.3 cm³/mol. The van der Waals surface area contributed by atoms with Gasteiger partial charge in [-0.2, -0.15) is 24.4 Å². The molecule has 0 aliphatic carbocycles. The third kappa shape index (κ3) is 8.77. The zero-order valence-electron chi connectivity index (χ0n) is 10.1. The topological polar surface area (TPSA) is 72.2 Å². The van der Waals surface area contributed by atoms with Crippen molar-refractivity contribution in [2.75, 3.05) is 19.1 Å². The summed E-state index contributed by atoms with van der Waals surface area (Å²) >= 11 is 5.78. The molecule has 0 aromatic heterocycles. The minimum absolute atomic E-state index is 0. The third-order valence-corrected chi connectivity index (χ3v) is 3.40. The van der Waals surface area contributed by atoms with Gasteiger partial charge in [-0.05, 0) is 24.9 Å². The highest BCUT2D eigenvalue weighted by Gasteiger charge is 2.17. The number of nitrogens with two attached hydrogens (primary N) is 1. The molecule has 0 aromatic rings. The van der Waals surface area contributed by atoms with Crippen LogP contribution in [0.4, 0.5) is 0 Å². The Morgan fingerprint density at radius 2 is 2.00 bits per heavy atom. The van der Waals surface area contributed by atoms with Gasteiger partial charge in [0, 0.05) is 13.5 Å². The van der Waals surface area contributed by atoms with Gasteiger partial charge in [0.1, 0.15) is 5.78 Å². The quantitative estimate of drug-likeness (QED) is 0.582. The summed E-state index contributed by atoms with van der Waals surface area (Å²) in [4.78, 5) is 22.7. The fourth-order valence-electron chi connectivity index (χ4n) is 1.17. The number of carbonyl (C=O) groups excluding carboxylic acids is 2. The van der Waals surface area contributed by atoms with Crippen molar-refractivity contribution in [3.8, 4) is 0 Å². The highest BCUT2D eigenvalue weighted by atomic mass is 35.5. The number of Topliss-reactive ketones (excluding diaryl/α,β-unsaturated/α-hetero) is 1. The number of amides is 1. The number of halogens is 1. The molecule has 0 radical (unpaired) electrons. The Morgan fingerprint density at radius 3 is 2.47 bits per heavy atom. The first-order chi connectivity index (χ1) is 7.52. The lowest BCUT2D eigenvalue weighted by molar-refractivity contribution is -0.121. The van der Waals surface area contributed by atoms with Crippen molar-refractivity contribution in [3.63, 3.8) is 0 Å². The van der Waals surface area contributed by atoms with Crippen LogP contribution in [0.25, 0.3) is 0 Å². The first kappa shape index (κ1) is 19.4. The van der Waals surface area contributed by atoms with Gasteiger partial charge in [0.05, 0.1) is 11.3 Å². The van der Waals surface area contributed by atoms with Crippen LogP contribution in [-0.2, 0) is 9.59 Å². The van der Waals surface area contributed by atoms with Gasteiger partial charge >= 0.3 is 0 Å². The summed E-state index contributed by atoms with van der Waals surface area (Å²) in [5.41, 5.74) is 5.71. The lowest BCUT2D eigenvalue weighted by Gasteiger charge is -2.12. The summed E-state index contributed by atoms with van der Waals surface area (Å²) in [6, 6.07) is -0.405. The summed E-state index contributed by atoms with van der Waals surface area (Å²) in [5.74, 6) is 0.734. The number of ketones is 1. The third-order valence-electron chi connectivity index (χ3n) is 2.26. The molecule has 0 aromatic carbocycles. The van der Waals surface area contributed by atoms with Crippen LogP contribution in [0, 0.1) is 0 Å². The number of nitrogens with one attached hydrogen (secondary N) is 1. The Bertz CT molecular complexity index is 242. The maximum Gasteiger partial charge on any atom is 0.232 e. The predicted octanol–water partition coefficient (Wildman–Crippen LogP) is 0.882. The van der Waals surface area contributed by atoms with Crippen LogP contribution in [0.1, 0.15) is 19.3 Å². The highest BCUT2D eigenvalue weighted by molar-refractivity contribution is 7.98. The van der Waals surface area contributed by atoms with E-state index in [0.717, 1.165) is 5.75 Å². The van der Waals surface area contributed by atoms with Crippen molar-refractivity contribution in [2.24, 2.45) is 5.73 Å². The Balaban J connectivity index is 0. The Hall–Kier alpha value is 0.0900. The van der Waals surface area contributed by atoms with E-state index in [4.69, 9.17) is 5.73 Å².